The molecular weight excluding hydrogens is 388 g/mol. The molecule has 1 aliphatic heterocycles. The van der Waals surface area contributed by atoms with Crippen LogP contribution in [0.2, 0.25) is 0 Å². The van der Waals surface area contributed by atoms with Crippen LogP contribution < -0.4 is 10.1 Å². The molecule has 156 valence electrons. The smallest absolute Gasteiger partial charge is 0.182 e. The number of hydrogen-bond donors (Lipinski definition) is 1. The Balaban J connectivity index is 1.42. The Kier molecular flexibility index (Phi) is 4.58. The molecule has 7 heteroatoms. The van der Waals surface area contributed by atoms with Crippen LogP contribution in [0.4, 0.5) is 8.78 Å². The van der Waals surface area contributed by atoms with Gasteiger partial charge >= 0.3 is 0 Å². The van der Waals surface area contributed by atoms with Gasteiger partial charge in [-0.3, -0.25) is 9.20 Å². The standard InChI is InChI=1S/C23H23F2N3O2/c1-14-21(19(29)11-23-10-15(23)7-8-26-13-23)28-9-3-6-20(22(28)27-14)30-12-16-17(24)4-2-5-18(16)25/h2-6,9,15,26H,7-8,10-13H2,1H3. The van der Waals surface area contributed by atoms with Gasteiger partial charge in [0.05, 0.1) is 11.3 Å². The van der Waals surface area contributed by atoms with Gasteiger partial charge in [0.1, 0.15) is 23.9 Å². The number of Topliss-reactive ketones (excluding diaryl/α,β-unsaturated/α-hetero) is 1. The lowest BCUT2D eigenvalue weighted by Crippen LogP contribution is -2.33. The number of carbonyl (C=O) groups excluding carboxylic acids is 1. The van der Waals surface area contributed by atoms with Gasteiger partial charge in [-0.05, 0) is 61.9 Å². The number of aromatic nitrogens is 2. The molecule has 3 aromatic rings. The minimum Gasteiger partial charge on any atom is -0.485 e. The molecule has 0 radical (unpaired) electrons. The number of fused-ring (bicyclic) bond motifs is 2. The molecule has 2 fully saturated rings. The minimum absolute atomic E-state index is 0.0727. The van der Waals surface area contributed by atoms with E-state index in [2.05, 4.69) is 10.3 Å². The van der Waals surface area contributed by atoms with Crippen molar-refractivity contribution in [3.05, 3.63) is 65.1 Å². The maximum atomic E-state index is 13.9. The highest BCUT2D eigenvalue weighted by atomic mass is 19.1. The fourth-order valence-electron chi connectivity index (χ4n) is 4.78. The van der Waals surface area contributed by atoms with Crippen LogP contribution in [-0.2, 0) is 6.61 Å². The van der Waals surface area contributed by atoms with E-state index in [0.29, 0.717) is 35.1 Å². The Morgan fingerprint density at radius 3 is 2.87 bits per heavy atom. The normalized spacial score (nSPS) is 22.7. The van der Waals surface area contributed by atoms with Crippen molar-refractivity contribution in [2.75, 3.05) is 13.1 Å². The number of ether oxygens (including phenoxy) is 1. The Morgan fingerprint density at radius 2 is 2.10 bits per heavy atom. The number of nitrogens with zero attached hydrogens (tertiary/aromatic N) is 2. The van der Waals surface area contributed by atoms with Crippen molar-refractivity contribution >= 4 is 11.4 Å². The number of rotatable bonds is 6. The molecular formula is C23H23F2N3O2. The average Bonchev–Trinajstić information content (AvgIpc) is 3.32. The Labute approximate surface area is 173 Å². The molecule has 0 spiro atoms. The molecule has 1 N–H and O–H groups in total. The molecule has 1 aromatic carbocycles. The lowest BCUT2D eigenvalue weighted by atomic mass is 9.91. The molecule has 30 heavy (non-hydrogen) atoms. The van der Waals surface area contributed by atoms with Crippen molar-refractivity contribution in [2.24, 2.45) is 11.3 Å². The van der Waals surface area contributed by atoms with Crippen molar-refractivity contribution in [1.82, 2.24) is 14.7 Å². The molecule has 2 aromatic heterocycles. The summed E-state index contributed by atoms with van der Waals surface area (Å²) >= 11 is 0. The van der Waals surface area contributed by atoms with Gasteiger partial charge in [-0.15, -0.1) is 0 Å². The van der Waals surface area contributed by atoms with E-state index in [1.54, 1.807) is 22.7 Å². The van der Waals surface area contributed by atoms with Crippen LogP contribution in [-0.4, -0.2) is 28.3 Å². The molecule has 2 unspecified atom stereocenters. The zero-order chi connectivity index (χ0) is 20.9. The second-order valence-electron chi connectivity index (χ2n) is 8.43. The molecule has 0 amide bonds. The van der Waals surface area contributed by atoms with Crippen LogP contribution in [0.15, 0.2) is 36.5 Å². The highest BCUT2D eigenvalue weighted by molar-refractivity contribution is 5.97. The van der Waals surface area contributed by atoms with Gasteiger partial charge in [0, 0.05) is 19.2 Å². The Morgan fingerprint density at radius 1 is 1.30 bits per heavy atom. The van der Waals surface area contributed by atoms with Gasteiger partial charge < -0.3 is 10.1 Å². The molecule has 1 saturated carbocycles. The molecule has 3 heterocycles. The van der Waals surface area contributed by atoms with Crippen LogP contribution in [0.1, 0.15) is 41.0 Å². The summed E-state index contributed by atoms with van der Waals surface area (Å²) in [4.78, 5) is 17.7. The maximum Gasteiger partial charge on any atom is 0.182 e. The lowest BCUT2D eigenvalue weighted by molar-refractivity contribution is 0.0937. The van der Waals surface area contributed by atoms with Gasteiger partial charge in [-0.2, -0.15) is 0 Å². The number of aryl methyl sites for hydroxylation is 1. The summed E-state index contributed by atoms with van der Waals surface area (Å²) in [7, 11) is 0. The largest absolute Gasteiger partial charge is 0.485 e. The fraction of sp³-hybridized carbons (Fsp3) is 0.391. The van der Waals surface area contributed by atoms with E-state index in [-0.39, 0.29) is 23.4 Å². The van der Waals surface area contributed by atoms with Crippen LogP contribution in [0.3, 0.4) is 0 Å². The molecule has 2 atom stereocenters. The number of pyridine rings is 1. The summed E-state index contributed by atoms with van der Waals surface area (Å²) in [5, 5.41) is 3.41. The number of ketones is 1. The summed E-state index contributed by atoms with van der Waals surface area (Å²) in [5.41, 5.74) is 1.61. The van der Waals surface area contributed by atoms with E-state index in [9.17, 15) is 13.6 Å². The SMILES string of the molecule is Cc1nc2c(OCc3c(F)cccc3F)cccn2c1C(=O)CC12CNCCC1C2. The topological polar surface area (TPSA) is 55.6 Å². The predicted octanol–water partition coefficient (Wildman–Crippen LogP) is 4.07. The minimum atomic E-state index is -0.656. The maximum absolute atomic E-state index is 13.9. The molecule has 5 nitrogen and oxygen atoms in total. The van der Waals surface area contributed by atoms with Gasteiger partial charge in [-0.25, -0.2) is 13.8 Å². The first-order valence-electron chi connectivity index (χ1n) is 10.3. The lowest BCUT2D eigenvalue weighted by Gasteiger charge is -2.22. The van der Waals surface area contributed by atoms with E-state index in [1.807, 2.05) is 6.92 Å². The number of carbonyl (C=O) groups is 1. The van der Waals surface area contributed by atoms with E-state index < -0.39 is 11.6 Å². The third-order valence-corrected chi connectivity index (χ3v) is 6.50. The van der Waals surface area contributed by atoms with Gasteiger partial charge in [-0.1, -0.05) is 6.07 Å². The van der Waals surface area contributed by atoms with Crippen molar-refractivity contribution < 1.29 is 18.3 Å². The Bertz CT molecular complexity index is 1120. The fourth-order valence-corrected chi connectivity index (χ4v) is 4.78. The van der Waals surface area contributed by atoms with E-state index in [0.717, 1.165) is 25.9 Å². The van der Waals surface area contributed by atoms with E-state index in [4.69, 9.17) is 4.74 Å². The van der Waals surface area contributed by atoms with Crippen molar-refractivity contribution in [3.63, 3.8) is 0 Å². The average molecular weight is 411 g/mol. The first-order valence-corrected chi connectivity index (χ1v) is 10.3. The van der Waals surface area contributed by atoms with Crippen LogP contribution in [0.25, 0.3) is 5.65 Å². The van der Waals surface area contributed by atoms with Crippen molar-refractivity contribution in [3.8, 4) is 5.75 Å². The number of hydrogen-bond acceptors (Lipinski definition) is 4. The van der Waals surface area contributed by atoms with Gasteiger partial charge in [0.15, 0.2) is 17.2 Å². The summed E-state index contributed by atoms with van der Waals surface area (Å²) in [5.74, 6) is -0.224. The first kappa shape index (κ1) is 19.2. The summed E-state index contributed by atoms with van der Waals surface area (Å²) < 4.78 is 35.3. The molecule has 5 rings (SSSR count). The van der Waals surface area contributed by atoms with Crippen molar-refractivity contribution in [2.45, 2.75) is 32.8 Å². The summed E-state index contributed by atoms with van der Waals surface area (Å²) in [6.45, 7) is 3.46. The summed E-state index contributed by atoms with van der Waals surface area (Å²) in [6.07, 6.45) is 4.51. The number of benzene rings is 1. The second kappa shape index (κ2) is 7.16. The number of piperidine rings is 1. The van der Waals surface area contributed by atoms with Crippen LogP contribution >= 0.6 is 0 Å². The van der Waals surface area contributed by atoms with Crippen LogP contribution in [0.5, 0.6) is 5.75 Å². The molecule has 2 aliphatic rings. The zero-order valence-electron chi connectivity index (χ0n) is 16.8. The number of halogens is 2. The molecule has 1 aliphatic carbocycles. The van der Waals surface area contributed by atoms with Gasteiger partial charge in [0.2, 0.25) is 0 Å². The third-order valence-electron chi connectivity index (χ3n) is 6.50. The zero-order valence-corrected chi connectivity index (χ0v) is 16.8. The third kappa shape index (κ3) is 3.17. The highest BCUT2D eigenvalue weighted by Crippen LogP contribution is 2.58. The monoisotopic (exact) mass is 411 g/mol. The van der Waals surface area contributed by atoms with Gasteiger partial charge in [0.25, 0.3) is 0 Å². The Hall–Kier alpha value is -2.80. The van der Waals surface area contributed by atoms with E-state index in [1.165, 1.54) is 18.2 Å². The number of imidazole rings is 1. The van der Waals surface area contributed by atoms with Crippen molar-refractivity contribution in [1.29, 1.82) is 0 Å². The predicted molar refractivity (Wildman–Crippen MR) is 108 cm³/mol. The van der Waals surface area contributed by atoms with Crippen LogP contribution in [0, 0.1) is 29.9 Å². The molecule has 0 bridgehead atoms. The van der Waals surface area contributed by atoms with E-state index >= 15 is 0 Å². The highest BCUT2D eigenvalue weighted by Gasteiger charge is 2.55. The number of nitrogens with one attached hydrogen (secondary N) is 1. The first-order chi connectivity index (χ1) is 14.5. The summed E-state index contributed by atoms with van der Waals surface area (Å²) in [6, 6.07) is 7.15. The molecule has 1 saturated heterocycles. The second-order valence-corrected chi connectivity index (χ2v) is 8.43. The quantitative estimate of drug-likeness (QED) is 0.622.